The van der Waals surface area contributed by atoms with E-state index >= 15 is 0 Å². The van der Waals surface area contributed by atoms with E-state index in [1.165, 1.54) is 13.2 Å². The number of rotatable bonds is 4. The minimum Gasteiger partial charge on any atom is -0.504 e. The highest BCUT2D eigenvalue weighted by molar-refractivity contribution is 5.49. The lowest BCUT2D eigenvalue weighted by molar-refractivity contribution is 0.373. The molecule has 0 radical (unpaired) electrons. The molecule has 2 rings (SSSR count). The van der Waals surface area contributed by atoms with Crippen molar-refractivity contribution in [1.82, 2.24) is 0 Å². The van der Waals surface area contributed by atoms with Crippen molar-refractivity contribution in [1.29, 1.82) is 0 Å². The molecule has 0 fully saturated rings. The maximum absolute atomic E-state index is 13.2. The minimum atomic E-state index is -0.213. The second kappa shape index (κ2) is 5.82. The number of phenols is 1. The van der Waals surface area contributed by atoms with Crippen molar-refractivity contribution in [2.24, 2.45) is 0 Å². The van der Waals surface area contributed by atoms with Gasteiger partial charge in [0.05, 0.1) is 7.11 Å². The van der Waals surface area contributed by atoms with Crippen LogP contribution in [0, 0.1) is 12.7 Å². The molecule has 0 bridgehead atoms. The molecule has 0 aliphatic heterocycles. The summed E-state index contributed by atoms with van der Waals surface area (Å²) in [4.78, 5) is 0. The molecule has 0 amide bonds. The smallest absolute Gasteiger partial charge is 0.160 e. The summed E-state index contributed by atoms with van der Waals surface area (Å²) in [6.07, 6.45) is 0. The highest BCUT2D eigenvalue weighted by Crippen LogP contribution is 2.30. The lowest BCUT2D eigenvalue weighted by Crippen LogP contribution is -2.07. The lowest BCUT2D eigenvalue weighted by Gasteiger charge is -2.17. The maximum atomic E-state index is 13.2. The summed E-state index contributed by atoms with van der Waals surface area (Å²) in [5, 5.41) is 12.9. The molecule has 0 aliphatic carbocycles. The number of nitrogens with one attached hydrogen (secondary N) is 1. The first-order chi connectivity index (χ1) is 9.51. The maximum Gasteiger partial charge on any atom is 0.160 e. The molecule has 0 saturated carbocycles. The highest BCUT2D eigenvalue weighted by atomic mass is 19.1. The van der Waals surface area contributed by atoms with E-state index in [1.54, 1.807) is 31.2 Å². The predicted molar refractivity (Wildman–Crippen MR) is 77.8 cm³/mol. The Morgan fingerprint density at radius 1 is 1.20 bits per heavy atom. The summed E-state index contributed by atoms with van der Waals surface area (Å²) in [6.45, 7) is 3.72. The molecular formula is C16H18FNO2. The number of phenolic OH excluding ortho intramolecular Hbond substituents is 1. The van der Waals surface area contributed by atoms with Crippen LogP contribution in [-0.2, 0) is 0 Å². The molecule has 106 valence electrons. The van der Waals surface area contributed by atoms with Crippen molar-refractivity contribution in [2.45, 2.75) is 19.9 Å². The Kier molecular flexibility index (Phi) is 4.13. The number of anilines is 1. The van der Waals surface area contributed by atoms with Crippen LogP contribution in [0.5, 0.6) is 11.5 Å². The van der Waals surface area contributed by atoms with E-state index in [1.807, 2.05) is 13.0 Å². The molecule has 2 aromatic carbocycles. The largest absolute Gasteiger partial charge is 0.504 e. The predicted octanol–water partition coefficient (Wildman–Crippen LogP) is 4.02. The van der Waals surface area contributed by atoms with E-state index in [9.17, 15) is 9.50 Å². The van der Waals surface area contributed by atoms with E-state index in [0.29, 0.717) is 11.3 Å². The molecule has 1 atom stereocenters. The van der Waals surface area contributed by atoms with Crippen LogP contribution in [0.4, 0.5) is 10.1 Å². The van der Waals surface area contributed by atoms with E-state index in [0.717, 1.165) is 11.3 Å². The lowest BCUT2D eigenvalue weighted by atomic mass is 10.1. The van der Waals surface area contributed by atoms with Crippen LogP contribution in [0.15, 0.2) is 36.4 Å². The van der Waals surface area contributed by atoms with Crippen LogP contribution in [0.25, 0.3) is 0 Å². The van der Waals surface area contributed by atoms with Crippen LogP contribution in [0.2, 0.25) is 0 Å². The van der Waals surface area contributed by atoms with Gasteiger partial charge in [-0.15, -0.1) is 0 Å². The number of aromatic hydroxyl groups is 1. The Labute approximate surface area is 118 Å². The molecule has 2 N–H and O–H groups in total. The Morgan fingerprint density at radius 3 is 2.60 bits per heavy atom. The fourth-order valence-electron chi connectivity index (χ4n) is 2.03. The Morgan fingerprint density at radius 2 is 1.95 bits per heavy atom. The van der Waals surface area contributed by atoms with Gasteiger partial charge in [0.2, 0.25) is 0 Å². The molecule has 0 aromatic heterocycles. The van der Waals surface area contributed by atoms with Gasteiger partial charge in [-0.2, -0.15) is 0 Å². The van der Waals surface area contributed by atoms with E-state index in [-0.39, 0.29) is 17.6 Å². The minimum absolute atomic E-state index is 0.00867. The average Bonchev–Trinajstić information content (AvgIpc) is 2.43. The molecule has 2 aromatic rings. The molecule has 0 heterocycles. The first-order valence-electron chi connectivity index (χ1n) is 6.41. The normalized spacial score (nSPS) is 12.0. The van der Waals surface area contributed by atoms with Gasteiger partial charge in [-0.1, -0.05) is 6.07 Å². The number of methoxy groups -OCH3 is 1. The SMILES string of the molecule is COc1cc(C(C)Nc2ccc(F)c(C)c2)ccc1O. The highest BCUT2D eigenvalue weighted by Gasteiger charge is 2.10. The van der Waals surface area contributed by atoms with Gasteiger partial charge in [0.1, 0.15) is 5.82 Å². The first-order valence-corrected chi connectivity index (χ1v) is 6.41. The third-order valence-electron chi connectivity index (χ3n) is 3.24. The fourth-order valence-corrected chi connectivity index (χ4v) is 2.03. The average molecular weight is 275 g/mol. The quantitative estimate of drug-likeness (QED) is 0.885. The summed E-state index contributed by atoms with van der Waals surface area (Å²) in [6, 6.07) is 10.1. The van der Waals surface area contributed by atoms with Crippen molar-refractivity contribution in [3.63, 3.8) is 0 Å². The van der Waals surface area contributed by atoms with Gasteiger partial charge in [0, 0.05) is 11.7 Å². The van der Waals surface area contributed by atoms with Gasteiger partial charge >= 0.3 is 0 Å². The number of halogens is 1. The molecule has 0 aliphatic rings. The van der Waals surface area contributed by atoms with Crippen LogP contribution >= 0.6 is 0 Å². The second-order valence-corrected chi connectivity index (χ2v) is 4.76. The van der Waals surface area contributed by atoms with Gasteiger partial charge in [-0.3, -0.25) is 0 Å². The monoisotopic (exact) mass is 275 g/mol. The van der Waals surface area contributed by atoms with Crippen LogP contribution in [-0.4, -0.2) is 12.2 Å². The zero-order chi connectivity index (χ0) is 14.7. The standard InChI is InChI=1S/C16H18FNO2/c1-10-8-13(5-6-14(10)17)18-11(2)12-4-7-15(19)16(9-12)20-3/h4-9,11,18-19H,1-3H3. The van der Waals surface area contributed by atoms with E-state index < -0.39 is 0 Å². The van der Waals surface area contributed by atoms with Crippen molar-refractivity contribution < 1.29 is 14.2 Å². The van der Waals surface area contributed by atoms with Crippen LogP contribution < -0.4 is 10.1 Å². The molecule has 0 spiro atoms. The molecule has 1 unspecified atom stereocenters. The van der Waals surface area contributed by atoms with Crippen LogP contribution in [0.3, 0.4) is 0 Å². The summed E-state index contributed by atoms with van der Waals surface area (Å²) in [5.41, 5.74) is 2.43. The Hall–Kier alpha value is -2.23. The van der Waals surface area contributed by atoms with Crippen molar-refractivity contribution in [3.05, 3.63) is 53.3 Å². The molecule has 20 heavy (non-hydrogen) atoms. The summed E-state index contributed by atoms with van der Waals surface area (Å²) < 4.78 is 18.3. The van der Waals surface area contributed by atoms with Crippen molar-refractivity contribution in [3.8, 4) is 11.5 Å². The molecule has 3 nitrogen and oxygen atoms in total. The van der Waals surface area contributed by atoms with Gasteiger partial charge in [0.25, 0.3) is 0 Å². The third-order valence-corrected chi connectivity index (χ3v) is 3.24. The number of aryl methyl sites for hydroxylation is 1. The summed E-state index contributed by atoms with van der Waals surface area (Å²) >= 11 is 0. The molecular weight excluding hydrogens is 257 g/mol. The van der Waals surface area contributed by atoms with Gasteiger partial charge in [0.15, 0.2) is 11.5 Å². The van der Waals surface area contributed by atoms with Crippen molar-refractivity contribution >= 4 is 5.69 Å². The first kappa shape index (κ1) is 14.2. The zero-order valence-electron chi connectivity index (χ0n) is 11.8. The van der Waals surface area contributed by atoms with Gasteiger partial charge < -0.3 is 15.2 Å². The fraction of sp³-hybridized carbons (Fsp3) is 0.250. The molecule has 4 heteroatoms. The molecule has 0 saturated heterocycles. The summed E-state index contributed by atoms with van der Waals surface area (Å²) in [7, 11) is 1.51. The summed E-state index contributed by atoms with van der Waals surface area (Å²) in [5.74, 6) is 0.335. The zero-order valence-corrected chi connectivity index (χ0v) is 11.8. The van der Waals surface area contributed by atoms with E-state index in [4.69, 9.17) is 4.74 Å². The van der Waals surface area contributed by atoms with Gasteiger partial charge in [-0.05, 0) is 55.3 Å². The Balaban J connectivity index is 2.19. The second-order valence-electron chi connectivity index (χ2n) is 4.76. The van der Waals surface area contributed by atoms with Crippen molar-refractivity contribution in [2.75, 3.05) is 12.4 Å². The topological polar surface area (TPSA) is 41.5 Å². The number of hydrogen-bond donors (Lipinski definition) is 2. The van der Waals surface area contributed by atoms with Crippen LogP contribution in [0.1, 0.15) is 24.1 Å². The van der Waals surface area contributed by atoms with E-state index in [2.05, 4.69) is 5.32 Å². The number of benzene rings is 2. The third kappa shape index (κ3) is 3.02. The number of hydrogen-bond acceptors (Lipinski definition) is 3. The van der Waals surface area contributed by atoms with Gasteiger partial charge in [-0.25, -0.2) is 4.39 Å². The Bertz CT molecular complexity index is 613. The number of ether oxygens (including phenoxy) is 1.